The molecule has 2 aromatic rings. The van der Waals surface area contributed by atoms with Gasteiger partial charge in [0.15, 0.2) is 0 Å². The van der Waals surface area contributed by atoms with Crippen molar-refractivity contribution in [2.24, 2.45) is 0 Å². The van der Waals surface area contributed by atoms with Gasteiger partial charge in [-0.25, -0.2) is 9.59 Å². The number of hydrogen-bond donors (Lipinski definition) is 0. The van der Waals surface area contributed by atoms with Gasteiger partial charge >= 0.3 is 11.9 Å². The van der Waals surface area contributed by atoms with Crippen LogP contribution in [0.15, 0.2) is 73.8 Å². The molecule has 0 saturated heterocycles. The highest BCUT2D eigenvalue weighted by Gasteiger charge is 2.04. The first-order chi connectivity index (χ1) is 11.6. The molecule has 4 heteroatoms. The largest absolute Gasteiger partial charge is 0.423 e. The highest BCUT2D eigenvalue weighted by atomic mass is 16.5. The fourth-order valence-electron chi connectivity index (χ4n) is 1.78. The second-order valence-corrected chi connectivity index (χ2v) is 4.72. The zero-order valence-electron chi connectivity index (χ0n) is 13.0. The lowest BCUT2D eigenvalue weighted by Gasteiger charge is -2.02. The molecule has 2 aromatic carbocycles. The lowest BCUT2D eigenvalue weighted by atomic mass is 10.2. The van der Waals surface area contributed by atoms with Crippen LogP contribution in [0.1, 0.15) is 11.1 Å². The number of esters is 2. The molecule has 0 saturated carbocycles. The van der Waals surface area contributed by atoms with Crippen molar-refractivity contribution < 1.29 is 19.1 Å². The lowest BCUT2D eigenvalue weighted by molar-refractivity contribution is -0.131. The molecule has 0 amide bonds. The van der Waals surface area contributed by atoms with Gasteiger partial charge in [-0.1, -0.05) is 49.6 Å². The third-order valence-corrected chi connectivity index (χ3v) is 3.02. The second kappa shape index (κ2) is 8.29. The fraction of sp³-hybridized carbons (Fsp3) is 0. The second-order valence-electron chi connectivity index (χ2n) is 4.72. The van der Waals surface area contributed by atoms with Crippen molar-refractivity contribution in [1.29, 1.82) is 0 Å². The highest BCUT2D eigenvalue weighted by Crippen LogP contribution is 2.14. The average molecular weight is 320 g/mol. The van der Waals surface area contributed by atoms with Crippen LogP contribution in [0.2, 0.25) is 0 Å². The van der Waals surface area contributed by atoms with Crippen molar-refractivity contribution in [3.05, 3.63) is 85.0 Å². The molecule has 4 nitrogen and oxygen atoms in total. The molecule has 0 unspecified atom stereocenters. The van der Waals surface area contributed by atoms with E-state index in [0.29, 0.717) is 11.5 Å². The summed E-state index contributed by atoms with van der Waals surface area (Å²) in [5, 5.41) is 0. The Balaban J connectivity index is 1.88. The maximum Gasteiger partial charge on any atom is 0.336 e. The molecule has 0 aliphatic rings. The first-order valence-electron chi connectivity index (χ1n) is 7.17. The van der Waals surface area contributed by atoms with Crippen LogP contribution in [0.3, 0.4) is 0 Å². The zero-order chi connectivity index (χ0) is 17.4. The van der Waals surface area contributed by atoms with Crippen LogP contribution in [0.5, 0.6) is 11.5 Å². The minimum atomic E-state index is -0.666. The normalized spacial score (nSPS) is 10.2. The highest BCUT2D eigenvalue weighted by molar-refractivity contribution is 5.93. The van der Waals surface area contributed by atoms with Crippen molar-refractivity contribution in [2.45, 2.75) is 0 Å². The number of carbonyl (C=O) groups is 2. The number of carbonyl (C=O) groups excluding carboxylic acids is 2. The number of ether oxygens (including phenoxy) is 2. The molecule has 0 radical (unpaired) electrons. The monoisotopic (exact) mass is 320 g/mol. The molecule has 0 fully saturated rings. The van der Waals surface area contributed by atoms with E-state index in [1.54, 1.807) is 60.7 Å². The fourth-order valence-corrected chi connectivity index (χ4v) is 1.78. The Bertz CT molecular complexity index is 701. The minimum Gasteiger partial charge on any atom is -0.423 e. The zero-order valence-corrected chi connectivity index (χ0v) is 13.0. The summed E-state index contributed by atoms with van der Waals surface area (Å²) in [7, 11) is 0. The van der Waals surface area contributed by atoms with E-state index in [0.717, 1.165) is 23.3 Å². The van der Waals surface area contributed by atoms with Gasteiger partial charge < -0.3 is 9.47 Å². The van der Waals surface area contributed by atoms with E-state index in [4.69, 9.17) is 9.47 Å². The summed E-state index contributed by atoms with van der Waals surface area (Å²) in [6.45, 7) is 7.28. The summed E-state index contributed by atoms with van der Waals surface area (Å²) in [4.78, 5) is 23.3. The molecule has 0 N–H and O–H groups in total. The molecule has 0 atom stereocenters. The van der Waals surface area contributed by atoms with Gasteiger partial charge in [0, 0.05) is 12.2 Å². The Morgan fingerprint density at radius 1 is 0.667 bits per heavy atom. The van der Waals surface area contributed by atoms with Crippen LogP contribution in [-0.4, -0.2) is 11.9 Å². The number of benzene rings is 2. The van der Waals surface area contributed by atoms with E-state index in [1.165, 1.54) is 0 Å². The van der Waals surface area contributed by atoms with Crippen molar-refractivity contribution in [3.63, 3.8) is 0 Å². The lowest BCUT2D eigenvalue weighted by Crippen LogP contribution is -2.08. The molecule has 0 aromatic heterocycles. The molecule has 0 spiro atoms. The maximum atomic E-state index is 11.7. The van der Waals surface area contributed by atoms with Gasteiger partial charge in [0.25, 0.3) is 0 Å². The van der Waals surface area contributed by atoms with Gasteiger partial charge in [-0.2, -0.15) is 0 Å². The summed E-state index contributed by atoms with van der Waals surface area (Å²) in [6, 6.07) is 13.6. The summed E-state index contributed by atoms with van der Waals surface area (Å²) in [6.07, 6.45) is 5.40. The van der Waals surface area contributed by atoms with Crippen molar-refractivity contribution >= 4 is 24.1 Å². The van der Waals surface area contributed by atoms with Gasteiger partial charge in [-0.05, 0) is 35.4 Å². The van der Waals surface area contributed by atoms with E-state index in [9.17, 15) is 9.59 Å². The first-order valence-corrected chi connectivity index (χ1v) is 7.17. The topological polar surface area (TPSA) is 52.6 Å². The number of hydrogen-bond acceptors (Lipinski definition) is 4. The molecule has 24 heavy (non-hydrogen) atoms. The molecule has 0 aliphatic carbocycles. The predicted octanol–water partition coefficient (Wildman–Crippen LogP) is 4.04. The van der Waals surface area contributed by atoms with E-state index in [-0.39, 0.29) is 0 Å². The van der Waals surface area contributed by atoms with Crippen LogP contribution in [0.25, 0.3) is 12.2 Å². The minimum absolute atomic E-state index is 0.378. The number of rotatable bonds is 6. The van der Waals surface area contributed by atoms with Crippen LogP contribution in [0.4, 0.5) is 0 Å². The van der Waals surface area contributed by atoms with Crippen molar-refractivity contribution in [3.8, 4) is 11.5 Å². The maximum absolute atomic E-state index is 11.7. The molecular weight excluding hydrogens is 304 g/mol. The molecule has 120 valence electrons. The third-order valence-electron chi connectivity index (χ3n) is 3.02. The van der Waals surface area contributed by atoms with Crippen LogP contribution < -0.4 is 9.47 Å². The molecular formula is C20H16O4. The Morgan fingerprint density at radius 3 is 1.29 bits per heavy atom. The van der Waals surface area contributed by atoms with Gasteiger partial charge in [0.2, 0.25) is 0 Å². The third kappa shape index (κ3) is 5.10. The average Bonchev–Trinajstić information content (AvgIpc) is 2.61. The SMILES string of the molecule is C=Cc1ccc(OC(=O)/C=C/C(=O)Oc2ccc(C=C)cc2)cc1. The summed E-state index contributed by atoms with van der Waals surface area (Å²) in [5.74, 6) is -0.576. The summed E-state index contributed by atoms with van der Waals surface area (Å²) >= 11 is 0. The Morgan fingerprint density at radius 2 is 1.00 bits per heavy atom. The Kier molecular flexibility index (Phi) is 5.86. The summed E-state index contributed by atoms with van der Waals surface area (Å²) in [5.41, 5.74) is 1.83. The molecule has 0 bridgehead atoms. The smallest absolute Gasteiger partial charge is 0.336 e. The van der Waals surface area contributed by atoms with E-state index in [1.807, 2.05) is 0 Å². The van der Waals surface area contributed by atoms with Gasteiger partial charge in [0.05, 0.1) is 0 Å². The van der Waals surface area contributed by atoms with E-state index >= 15 is 0 Å². The Hall–Kier alpha value is -3.40. The predicted molar refractivity (Wildman–Crippen MR) is 93.5 cm³/mol. The van der Waals surface area contributed by atoms with Crippen molar-refractivity contribution in [1.82, 2.24) is 0 Å². The van der Waals surface area contributed by atoms with Gasteiger partial charge in [0.1, 0.15) is 11.5 Å². The van der Waals surface area contributed by atoms with Crippen LogP contribution >= 0.6 is 0 Å². The molecule has 0 aliphatic heterocycles. The Labute approximate surface area is 140 Å². The van der Waals surface area contributed by atoms with Crippen molar-refractivity contribution in [2.75, 3.05) is 0 Å². The quantitative estimate of drug-likeness (QED) is 0.458. The van der Waals surface area contributed by atoms with Crippen LogP contribution in [0, 0.1) is 0 Å². The summed E-state index contributed by atoms with van der Waals surface area (Å²) < 4.78 is 10.1. The first kappa shape index (κ1) is 17.0. The molecule has 0 heterocycles. The van der Waals surface area contributed by atoms with Gasteiger partial charge in [-0.3, -0.25) is 0 Å². The van der Waals surface area contributed by atoms with Crippen LogP contribution in [-0.2, 0) is 9.59 Å². The molecule has 2 rings (SSSR count). The van der Waals surface area contributed by atoms with Gasteiger partial charge in [-0.15, -0.1) is 0 Å². The van der Waals surface area contributed by atoms with E-state index < -0.39 is 11.9 Å². The standard InChI is InChI=1S/C20H16O4/c1-3-15-5-9-17(10-6-15)23-19(21)13-14-20(22)24-18-11-7-16(4-2)8-12-18/h3-14H,1-2H2/b14-13+. The van der Waals surface area contributed by atoms with E-state index in [2.05, 4.69) is 13.2 Å².